The summed E-state index contributed by atoms with van der Waals surface area (Å²) in [6.07, 6.45) is 1.95. The zero-order valence-corrected chi connectivity index (χ0v) is 14.4. The molecule has 1 aliphatic rings. The number of aromatic amines is 1. The second kappa shape index (κ2) is 7.28. The number of nitrogens with zero attached hydrogens (tertiary/aromatic N) is 3. The van der Waals surface area contributed by atoms with Gasteiger partial charge in [-0.05, 0) is 43.2 Å². The van der Waals surface area contributed by atoms with Gasteiger partial charge in [-0.2, -0.15) is 10.2 Å². The van der Waals surface area contributed by atoms with Gasteiger partial charge in [0.2, 0.25) is 5.91 Å². The van der Waals surface area contributed by atoms with Gasteiger partial charge in [-0.25, -0.2) is 14.0 Å². The number of hydrogen-bond acceptors (Lipinski definition) is 5. The second-order valence-electron chi connectivity index (χ2n) is 6.42. The summed E-state index contributed by atoms with van der Waals surface area (Å²) in [5, 5.41) is 13.5. The SMILES string of the molecule is O=C(Cc1n[nH]c(=O)c2cc(-c3ccc(F)cc3)nn12)NC[C@@H]1CCCO1. The average molecular weight is 371 g/mol. The van der Waals surface area contributed by atoms with Gasteiger partial charge in [0.15, 0.2) is 5.82 Å². The Balaban J connectivity index is 1.57. The molecule has 0 unspecified atom stereocenters. The number of fused-ring (bicyclic) bond motifs is 1. The number of rotatable bonds is 5. The number of amides is 1. The zero-order chi connectivity index (χ0) is 18.8. The number of carbonyl (C=O) groups excluding carboxylic acids is 1. The van der Waals surface area contributed by atoms with Gasteiger partial charge >= 0.3 is 0 Å². The Morgan fingerprint density at radius 2 is 2.19 bits per heavy atom. The van der Waals surface area contributed by atoms with Crippen molar-refractivity contribution < 1.29 is 13.9 Å². The van der Waals surface area contributed by atoms with Crippen LogP contribution in [0.3, 0.4) is 0 Å². The minimum absolute atomic E-state index is 0.0372. The van der Waals surface area contributed by atoms with E-state index in [1.165, 1.54) is 16.6 Å². The molecule has 1 amide bonds. The largest absolute Gasteiger partial charge is 0.376 e. The number of carbonyl (C=O) groups is 1. The summed E-state index contributed by atoms with van der Waals surface area (Å²) >= 11 is 0. The molecule has 27 heavy (non-hydrogen) atoms. The first kappa shape index (κ1) is 17.3. The van der Waals surface area contributed by atoms with Crippen molar-refractivity contribution in [1.82, 2.24) is 25.1 Å². The Bertz CT molecular complexity index is 1020. The summed E-state index contributed by atoms with van der Waals surface area (Å²) in [4.78, 5) is 24.3. The maximum Gasteiger partial charge on any atom is 0.290 e. The Morgan fingerprint density at radius 3 is 2.93 bits per heavy atom. The number of H-pyrrole nitrogens is 1. The van der Waals surface area contributed by atoms with Crippen LogP contribution in [0.15, 0.2) is 35.1 Å². The molecular weight excluding hydrogens is 353 g/mol. The fraction of sp³-hybridized carbons (Fsp3) is 0.333. The van der Waals surface area contributed by atoms with Crippen molar-refractivity contribution >= 4 is 11.4 Å². The molecule has 0 spiro atoms. The highest BCUT2D eigenvalue weighted by atomic mass is 19.1. The summed E-state index contributed by atoms with van der Waals surface area (Å²) in [5.74, 6) is -0.279. The molecule has 2 N–H and O–H groups in total. The first-order valence-electron chi connectivity index (χ1n) is 8.72. The van der Waals surface area contributed by atoms with Crippen molar-refractivity contribution in [2.45, 2.75) is 25.4 Å². The zero-order valence-electron chi connectivity index (χ0n) is 14.4. The number of nitrogens with one attached hydrogen (secondary N) is 2. The van der Waals surface area contributed by atoms with Crippen LogP contribution in [0.4, 0.5) is 4.39 Å². The smallest absolute Gasteiger partial charge is 0.290 e. The van der Waals surface area contributed by atoms with Crippen molar-refractivity contribution in [3.63, 3.8) is 0 Å². The molecule has 0 bridgehead atoms. The summed E-state index contributed by atoms with van der Waals surface area (Å²) in [6, 6.07) is 7.38. The molecular formula is C18H18FN5O3. The van der Waals surface area contributed by atoms with Gasteiger partial charge in [-0.1, -0.05) is 0 Å². The highest BCUT2D eigenvalue weighted by Gasteiger charge is 2.18. The van der Waals surface area contributed by atoms with Gasteiger partial charge in [0, 0.05) is 18.7 Å². The summed E-state index contributed by atoms with van der Waals surface area (Å²) < 4.78 is 19.9. The van der Waals surface area contributed by atoms with Crippen LogP contribution in [0.1, 0.15) is 18.7 Å². The Hall–Kier alpha value is -3.07. The van der Waals surface area contributed by atoms with Gasteiger partial charge in [-0.3, -0.25) is 9.59 Å². The predicted octanol–water partition coefficient (Wildman–Crippen LogP) is 1.06. The summed E-state index contributed by atoms with van der Waals surface area (Å²) in [6.45, 7) is 1.17. The Morgan fingerprint density at radius 1 is 1.37 bits per heavy atom. The molecule has 1 aromatic carbocycles. The highest BCUT2D eigenvalue weighted by Crippen LogP contribution is 2.19. The topological polar surface area (TPSA) is 101 Å². The van der Waals surface area contributed by atoms with Crippen LogP contribution in [-0.2, 0) is 16.0 Å². The van der Waals surface area contributed by atoms with Crippen molar-refractivity contribution in [3.05, 3.63) is 52.3 Å². The lowest BCUT2D eigenvalue weighted by atomic mass is 10.1. The Kier molecular flexibility index (Phi) is 4.68. The normalized spacial score (nSPS) is 16.7. The molecule has 1 fully saturated rings. The minimum atomic E-state index is -0.417. The van der Waals surface area contributed by atoms with E-state index in [9.17, 15) is 14.0 Å². The number of ether oxygens (including phenoxy) is 1. The van der Waals surface area contributed by atoms with E-state index in [0.29, 0.717) is 23.6 Å². The van der Waals surface area contributed by atoms with Crippen LogP contribution in [0, 0.1) is 5.82 Å². The van der Waals surface area contributed by atoms with Gasteiger partial charge in [0.25, 0.3) is 5.56 Å². The van der Waals surface area contributed by atoms with Crippen molar-refractivity contribution in [3.8, 4) is 11.3 Å². The average Bonchev–Trinajstić information content (AvgIpc) is 3.33. The third-order valence-corrected chi connectivity index (χ3v) is 4.48. The molecule has 0 saturated carbocycles. The molecule has 1 aliphatic heterocycles. The summed E-state index contributed by atoms with van der Waals surface area (Å²) in [5.41, 5.74) is 1.01. The van der Waals surface area contributed by atoms with Crippen LogP contribution < -0.4 is 10.9 Å². The van der Waals surface area contributed by atoms with Crippen LogP contribution in [0.25, 0.3) is 16.8 Å². The maximum absolute atomic E-state index is 13.1. The molecule has 1 saturated heterocycles. The van der Waals surface area contributed by atoms with Crippen LogP contribution in [0.2, 0.25) is 0 Å². The lowest BCUT2D eigenvalue weighted by Crippen LogP contribution is -2.33. The van der Waals surface area contributed by atoms with Gasteiger partial charge < -0.3 is 10.1 Å². The van der Waals surface area contributed by atoms with E-state index in [4.69, 9.17) is 4.74 Å². The highest BCUT2D eigenvalue weighted by molar-refractivity contribution is 5.78. The number of benzene rings is 1. The fourth-order valence-corrected chi connectivity index (χ4v) is 3.07. The van der Waals surface area contributed by atoms with E-state index >= 15 is 0 Å². The molecule has 0 radical (unpaired) electrons. The molecule has 4 rings (SSSR count). The molecule has 3 heterocycles. The number of halogens is 1. The molecule has 1 atom stereocenters. The van der Waals surface area contributed by atoms with Gasteiger partial charge in [0.05, 0.1) is 18.2 Å². The predicted molar refractivity (Wildman–Crippen MR) is 94.7 cm³/mol. The third-order valence-electron chi connectivity index (χ3n) is 4.48. The fourth-order valence-electron chi connectivity index (χ4n) is 3.07. The second-order valence-corrected chi connectivity index (χ2v) is 6.42. The molecule has 8 nitrogen and oxygen atoms in total. The van der Waals surface area contributed by atoms with Crippen molar-refractivity contribution in [1.29, 1.82) is 0 Å². The van der Waals surface area contributed by atoms with E-state index in [2.05, 4.69) is 20.6 Å². The van der Waals surface area contributed by atoms with E-state index < -0.39 is 5.56 Å². The number of hydrogen-bond donors (Lipinski definition) is 2. The van der Waals surface area contributed by atoms with Crippen LogP contribution >= 0.6 is 0 Å². The number of aromatic nitrogens is 4. The van der Waals surface area contributed by atoms with Gasteiger partial charge in [0.1, 0.15) is 11.3 Å². The van der Waals surface area contributed by atoms with Crippen LogP contribution in [-0.4, -0.2) is 45.0 Å². The molecule has 0 aliphatic carbocycles. The van der Waals surface area contributed by atoms with E-state index in [0.717, 1.165) is 19.4 Å². The monoisotopic (exact) mass is 371 g/mol. The quantitative estimate of drug-likeness (QED) is 0.698. The lowest BCUT2D eigenvalue weighted by molar-refractivity contribution is -0.121. The minimum Gasteiger partial charge on any atom is -0.376 e. The van der Waals surface area contributed by atoms with Gasteiger partial charge in [-0.15, -0.1) is 0 Å². The molecule has 2 aromatic heterocycles. The molecule has 140 valence electrons. The lowest BCUT2D eigenvalue weighted by Gasteiger charge is -2.10. The Labute approximate surface area is 153 Å². The van der Waals surface area contributed by atoms with Crippen molar-refractivity contribution in [2.24, 2.45) is 0 Å². The first-order valence-corrected chi connectivity index (χ1v) is 8.72. The standard InChI is InChI=1S/C18H18FN5O3/c19-12-5-3-11(4-6-12)14-8-15-18(26)22-21-16(24(15)23-14)9-17(25)20-10-13-2-1-7-27-13/h3-6,8,13H,1-2,7,9-10H2,(H,20,25)(H,22,26)/t13-/m0/s1. The maximum atomic E-state index is 13.1. The van der Waals surface area contributed by atoms with E-state index in [-0.39, 0.29) is 29.8 Å². The van der Waals surface area contributed by atoms with E-state index in [1.54, 1.807) is 18.2 Å². The third kappa shape index (κ3) is 3.72. The van der Waals surface area contributed by atoms with Crippen molar-refractivity contribution in [2.75, 3.05) is 13.2 Å². The first-order chi connectivity index (χ1) is 13.1. The van der Waals surface area contributed by atoms with Crippen LogP contribution in [0.5, 0.6) is 0 Å². The molecule has 9 heteroatoms. The molecule has 3 aromatic rings. The van der Waals surface area contributed by atoms with E-state index in [1.807, 2.05) is 0 Å². The summed E-state index contributed by atoms with van der Waals surface area (Å²) in [7, 11) is 0.